The second-order valence-electron chi connectivity index (χ2n) is 9.56. The van der Waals surface area contributed by atoms with Crippen LogP contribution in [0.1, 0.15) is 50.1 Å². The van der Waals surface area contributed by atoms with Gasteiger partial charge < -0.3 is 15.4 Å². The third-order valence-electron chi connectivity index (χ3n) is 8.21. The first-order chi connectivity index (χ1) is 13.1. The Labute approximate surface area is 158 Å². The fourth-order valence-electron chi connectivity index (χ4n) is 7.23. The van der Waals surface area contributed by atoms with E-state index in [0.29, 0.717) is 30.2 Å². The first kappa shape index (κ1) is 16.3. The van der Waals surface area contributed by atoms with Crippen molar-refractivity contribution in [3.05, 3.63) is 42.1 Å². The van der Waals surface area contributed by atoms with Crippen LogP contribution >= 0.6 is 0 Å². The third kappa shape index (κ3) is 2.13. The summed E-state index contributed by atoms with van der Waals surface area (Å²) < 4.78 is 16.8. The number of halogens is 1. The maximum absolute atomic E-state index is 14.7. The Bertz CT molecular complexity index is 893. The zero-order chi connectivity index (χ0) is 18.3. The van der Waals surface area contributed by atoms with E-state index < -0.39 is 6.10 Å². The van der Waals surface area contributed by atoms with Gasteiger partial charge in [-0.3, -0.25) is 0 Å². The summed E-state index contributed by atoms with van der Waals surface area (Å²) in [6.07, 6.45) is 9.36. The molecule has 5 aliphatic rings. The van der Waals surface area contributed by atoms with E-state index in [-0.39, 0.29) is 17.3 Å². The summed E-state index contributed by atoms with van der Waals surface area (Å²) in [6, 6.07) is 5.39. The number of benzene rings is 1. The lowest BCUT2D eigenvalue weighted by Crippen LogP contribution is -2.60. The number of fused-ring (bicyclic) bond motifs is 3. The third-order valence-corrected chi connectivity index (χ3v) is 8.21. The lowest BCUT2D eigenvalue weighted by molar-refractivity contribution is -0.132. The molecule has 5 heteroatoms. The van der Waals surface area contributed by atoms with Crippen LogP contribution in [-0.4, -0.2) is 26.8 Å². The average Bonchev–Trinajstić information content (AvgIpc) is 3.22. The first-order valence-corrected chi connectivity index (χ1v) is 10.3. The van der Waals surface area contributed by atoms with Gasteiger partial charge in [0.05, 0.1) is 30.4 Å². The van der Waals surface area contributed by atoms with Gasteiger partial charge in [0.1, 0.15) is 5.82 Å². The van der Waals surface area contributed by atoms with E-state index in [1.54, 1.807) is 18.6 Å². The molecule has 0 amide bonds. The summed E-state index contributed by atoms with van der Waals surface area (Å²) in [4.78, 5) is 4.27. The van der Waals surface area contributed by atoms with Crippen molar-refractivity contribution in [1.29, 1.82) is 0 Å². The summed E-state index contributed by atoms with van der Waals surface area (Å²) in [6.45, 7) is 0. The number of nitrogens with zero attached hydrogens (tertiary/aromatic N) is 2. The molecular weight excluding hydrogens is 341 g/mol. The van der Waals surface area contributed by atoms with Crippen LogP contribution in [0, 0.1) is 29.0 Å². The number of imidazole rings is 1. The van der Waals surface area contributed by atoms with Crippen LogP contribution in [0.15, 0.2) is 30.7 Å². The molecule has 4 nitrogen and oxygen atoms in total. The smallest absolute Gasteiger partial charge is 0.129 e. The molecule has 27 heavy (non-hydrogen) atoms. The number of nitrogens with two attached hydrogens (primary N) is 1. The van der Waals surface area contributed by atoms with Crippen molar-refractivity contribution in [1.82, 2.24) is 9.55 Å². The van der Waals surface area contributed by atoms with Gasteiger partial charge in [-0.2, -0.15) is 0 Å². The summed E-state index contributed by atoms with van der Waals surface area (Å²) in [5.74, 6) is 1.65. The zero-order valence-electron chi connectivity index (χ0n) is 15.4. The molecule has 2 heterocycles. The molecule has 4 fully saturated rings. The Morgan fingerprint density at radius 1 is 1.26 bits per heavy atom. The average molecular weight is 367 g/mol. The summed E-state index contributed by atoms with van der Waals surface area (Å²) in [7, 11) is 0. The second-order valence-corrected chi connectivity index (χ2v) is 9.56. The molecule has 1 aliphatic heterocycles. The van der Waals surface area contributed by atoms with Gasteiger partial charge in [-0.25, -0.2) is 9.37 Å². The van der Waals surface area contributed by atoms with Gasteiger partial charge in [-0.1, -0.05) is 12.1 Å². The highest BCUT2D eigenvalue weighted by Crippen LogP contribution is 2.62. The molecule has 1 aromatic heterocycles. The Balaban J connectivity index is 1.35. The van der Waals surface area contributed by atoms with Crippen LogP contribution in [0.2, 0.25) is 0 Å². The van der Waals surface area contributed by atoms with Crippen molar-refractivity contribution in [2.75, 3.05) is 0 Å². The van der Waals surface area contributed by atoms with Gasteiger partial charge in [-0.15, -0.1) is 0 Å². The maximum Gasteiger partial charge on any atom is 0.129 e. The van der Waals surface area contributed by atoms with Crippen molar-refractivity contribution in [3.8, 4) is 11.3 Å². The molecule has 1 aromatic carbocycles. The SMILES string of the molecule is NC1C2CC3C[C@@H]1CC(C(O)CC1c4c(F)cccc4-c4cncn41)(C3)C2. The predicted molar refractivity (Wildman–Crippen MR) is 100 cm³/mol. The molecule has 6 unspecified atom stereocenters. The first-order valence-electron chi connectivity index (χ1n) is 10.3. The molecule has 0 spiro atoms. The Morgan fingerprint density at radius 2 is 2.04 bits per heavy atom. The van der Waals surface area contributed by atoms with Gasteiger partial charge in [0.15, 0.2) is 0 Å². The molecule has 4 aliphatic carbocycles. The van der Waals surface area contributed by atoms with E-state index in [1.807, 2.05) is 10.6 Å². The highest BCUT2D eigenvalue weighted by atomic mass is 19.1. The predicted octanol–water partition coefficient (Wildman–Crippen LogP) is 3.50. The van der Waals surface area contributed by atoms with Crippen molar-refractivity contribution >= 4 is 0 Å². The molecule has 4 saturated carbocycles. The Hall–Kier alpha value is -1.72. The van der Waals surface area contributed by atoms with E-state index in [1.165, 1.54) is 18.9 Å². The van der Waals surface area contributed by atoms with Crippen LogP contribution < -0.4 is 5.73 Å². The van der Waals surface area contributed by atoms with Crippen LogP contribution in [0.25, 0.3) is 11.3 Å². The normalized spacial score (nSPS) is 39.4. The molecule has 2 aromatic rings. The van der Waals surface area contributed by atoms with E-state index in [9.17, 15) is 9.50 Å². The van der Waals surface area contributed by atoms with E-state index in [4.69, 9.17) is 5.73 Å². The Kier molecular flexibility index (Phi) is 3.26. The van der Waals surface area contributed by atoms with Crippen LogP contribution in [0.4, 0.5) is 4.39 Å². The zero-order valence-corrected chi connectivity index (χ0v) is 15.4. The van der Waals surface area contributed by atoms with Gasteiger partial charge in [-0.05, 0) is 67.8 Å². The fourth-order valence-corrected chi connectivity index (χ4v) is 7.23. The number of rotatable bonds is 3. The van der Waals surface area contributed by atoms with E-state index in [2.05, 4.69) is 4.98 Å². The van der Waals surface area contributed by atoms with Crippen LogP contribution in [0.3, 0.4) is 0 Å². The van der Waals surface area contributed by atoms with Crippen LogP contribution in [0.5, 0.6) is 0 Å². The highest BCUT2D eigenvalue weighted by Gasteiger charge is 2.57. The summed E-state index contributed by atoms with van der Waals surface area (Å²) >= 11 is 0. The topological polar surface area (TPSA) is 64.1 Å². The number of hydrogen-bond acceptors (Lipinski definition) is 3. The molecular formula is C22H26FN3O. The van der Waals surface area contributed by atoms with Crippen molar-refractivity contribution in [3.63, 3.8) is 0 Å². The van der Waals surface area contributed by atoms with Crippen molar-refractivity contribution in [2.24, 2.45) is 28.9 Å². The quantitative estimate of drug-likeness (QED) is 0.873. The number of aliphatic hydroxyl groups excluding tert-OH is 1. The van der Waals surface area contributed by atoms with Crippen molar-refractivity contribution < 1.29 is 9.50 Å². The monoisotopic (exact) mass is 367 g/mol. The molecule has 142 valence electrons. The van der Waals surface area contributed by atoms with Gasteiger partial charge in [0.25, 0.3) is 0 Å². The largest absolute Gasteiger partial charge is 0.392 e. The molecule has 7 rings (SSSR count). The minimum atomic E-state index is -0.427. The number of aromatic nitrogens is 2. The molecule has 4 bridgehead atoms. The highest BCUT2D eigenvalue weighted by molar-refractivity contribution is 5.69. The van der Waals surface area contributed by atoms with Gasteiger partial charge in [0, 0.05) is 17.2 Å². The van der Waals surface area contributed by atoms with E-state index in [0.717, 1.165) is 36.1 Å². The summed E-state index contributed by atoms with van der Waals surface area (Å²) in [5, 5.41) is 11.4. The fraction of sp³-hybridized carbons (Fsp3) is 0.591. The van der Waals surface area contributed by atoms with Crippen LogP contribution in [-0.2, 0) is 0 Å². The molecule has 0 radical (unpaired) electrons. The Morgan fingerprint density at radius 3 is 2.81 bits per heavy atom. The number of aliphatic hydroxyl groups is 1. The second kappa shape index (κ2) is 5.42. The van der Waals surface area contributed by atoms with Gasteiger partial charge >= 0.3 is 0 Å². The standard InChI is InChI=1S/C22H26FN3O/c23-16-3-1-2-15-18-10-25-11-26(18)17(20(15)16)6-19(27)22-7-12-4-13(8-22)21(24)14(5-12)9-22/h1-3,10-14,17,19,21,27H,4-9,24H2/t12?,13-,14?,17?,19?,21?,22?/m1/s1. The number of hydrogen-bond donors (Lipinski definition) is 2. The minimum Gasteiger partial charge on any atom is -0.392 e. The lowest BCUT2D eigenvalue weighted by Gasteiger charge is -2.61. The van der Waals surface area contributed by atoms with Gasteiger partial charge in [0.2, 0.25) is 0 Å². The molecule has 7 atom stereocenters. The lowest BCUT2D eigenvalue weighted by atomic mass is 9.46. The maximum atomic E-state index is 14.7. The van der Waals surface area contributed by atoms with E-state index >= 15 is 0 Å². The summed E-state index contributed by atoms with van der Waals surface area (Å²) in [5.41, 5.74) is 9.04. The molecule has 0 saturated heterocycles. The minimum absolute atomic E-state index is 0.0267. The van der Waals surface area contributed by atoms with Crippen molar-refractivity contribution in [2.45, 2.75) is 56.7 Å². The molecule has 3 N–H and O–H groups in total.